The summed E-state index contributed by atoms with van der Waals surface area (Å²) < 4.78 is 11.2. The highest BCUT2D eigenvalue weighted by atomic mass is 16.7. The zero-order valence-electron chi connectivity index (χ0n) is 55.4. The molecular formula is C73H143NO10. The van der Waals surface area contributed by atoms with Gasteiger partial charge in [0.1, 0.15) is 36.6 Å². The van der Waals surface area contributed by atoms with Crippen molar-refractivity contribution in [1.29, 1.82) is 0 Å². The zero-order chi connectivity index (χ0) is 61.0. The van der Waals surface area contributed by atoms with Gasteiger partial charge in [0.2, 0.25) is 5.91 Å². The van der Waals surface area contributed by atoms with Crippen LogP contribution in [-0.4, -0.2) is 110 Å². The summed E-state index contributed by atoms with van der Waals surface area (Å²) in [5.74, 6) is -0.689. The lowest BCUT2D eigenvalue weighted by Gasteiger charge is -2.40. The lowest BCUT2D eigenvalue weighted by molar-refractivity contribution is -0.303. The van der Waals surface area contributed by atoms with Crippen LogP contribution in [0.25, 0.3) is 0 Å². The number of rotatable bonds is 66. The third-order valence-corrected chi connectivity index (χ3v) is 18.3. The zero-order valence-corrected chi connectivity index (χ0v) is 55.4. The van der Waals surface area contributed by atoms with Crippen LogP contribution in [0.4, 0.5) is 0 Å². The molecule has 11 heteroatoms. The predicted molar refractivity (Wildman–Crippen MR) is 353 cm³/mol. The average molecular weight is 1190 g/mol. The smallest absolute Gasteiger partial charge is 0.249 e. The van der Waals surface area contributed by atoms with E-state index in [0.717, 1.165) is 38.5 Å². The molecule has 0 aromatic rings. The monoisotopic (exact) mass is 1190 g/mol. The van der Waals surface area contributed by atoms with Gasteiger partial charge in [-0.15, -0.1) is 0 Å². The second kappa shape index (κ2) is 62.1. The normalized spacial score (nSPS) is 18.9. The molecule has 0 aromatic heterocycles. The minimum absolute atomic E-state index is 0.263. The fourth-order valence-corrected chi connectivity index (χ4v) is 12.4. The number of carbonyl (C=O) groups excluding carboxylic acids is 1. The summed E-state index contributed by atoms with van der Waals surface area (Å²) in [7, 11) is 0. The van der Waals surface area contributed by atoms with E-state index >= 15 is 0 Å². The first kappa shape index (κ1) is 80.9. The topological polar surface area (TPSA) is 189 Å². The Labute approximate surface area is 519 Å². The van der Waals surface area contributed by atoms with E-state index in [4.69, 9.17) is 9.47 Å². The van der Waals surface area contributed by atoms with Gasteiger partial charge in [-0.3, -0.25) is 4.79 Å². The Balaban J connectivity index is 2.17. The molecule has 0 radical (unpaired) electrons. The van der Waals surface area contributed by atoms with Crippen LogP contribution in [0.5, 0.6) is 0 Å². The van der Waals surface area contributed by atoms with Gasteiger partial charge >= 0.3 is 0 Å². The van der Waals surface area contributed by atoms with Gasteiger partial charge < -0.3 is 50.5 Å². The Bertz CT molecular complexity index is 1370. The molecule has 0 aromatic carbocycles. The summed E-state index contributed by atoms with van der Waals surface area (Å²) in [6, 6.07) is -1.17. The quantitative estimate of drug-likeness (QED) is 0.0215. The number of allylic oxidation sites excluding steroid dienone is 2. The average Bonchev–Trinajstić information content (AvgIpc) is 3.66. The molecule has 9 unspecified atom stereocenters. The summed E-state index contributed by atoms with van der Waals surface area (Å²) >= 11 is 0. The van der Waals surface area contributed by atoms with Crippen LogP contribution in [0.15, 0.2) is 12.2 Å². The van der Waals surface area contributed by atoms with Crippen LogP contribution in [0.2, 0.25) is 0 Å². The van der Waals surface area contributed by atoms with E-state index in [9.17, 15) is 40.5 Å². The molecule has 0 saturated carbocycles. The van der Waals surface area contributed by atoms with Crippen molar-refractivity contribution < 1.29 is 50.0 Å². The Morgan fingerprint density at radius 1 is 0.405 bits per heavy atom. The van der Waals surface area contributed by atoms with Crippen molar-refractivity contribution in [1.82, 2.24) is 5.32 Å². The van der Waals surface area contributed by atoms with Crippen molar-refractivity contribution in [3.63, 3.8) is 0 Å². The van der Waals surface area contributed by atoms with Crippen molar-refractivity contribution in [2.24, 2.45) is 0 Å². The number of carbonyl (C=O) groups is 1. The number of hydrogen-bond donors (Lipinski definition) is 8. The first-order valence-corrected chi connectivity index (χ1v) is 37.1. The van der Waals surface area contributed by atoms with Gasteiger partial charge in [0.25, 0.3) is 0 Å². The van der Waals surface area contributed by atoms with Gasteiger partial charge in [-0.05, 0) is 38.5 Å². The lowest BCUT2D eigenvalue weighted by atomic mass is 9.98. The summed E-state index contributed by atoms with van der Waals surface area (Å²) in [5.41, 5.74) is 0. The Hall–Kier alpha value is -1.15. The van der Waals surface area contributed by atoms with Crippen molar-refractivity contribution in [3.8, 4) is 0 Å². The number of ether oxygens (including phenoxy) is 2. The number of aliphatic hydroxyl groups is 7. The minimum Gasteiger partial charge on any atom is -0.394 e. The molecule has 0 aliphatic carbocycles. The van der Waals surface area contributed by atoms with E-state index in [-0.39, 0.29) is 6.42 Å². The fourth-order valence-electron chi connectivity index (χ4n) is 12.4. The maximum atomic E-state index is 13.3. The highest BCUT2D eigenvalue weighted by molar-refractivity contribution is 5.80. The summed E-state index contributed by atoms with van der Waals surface area (Å²) in [6.45, 7) is 3.53. The van der Waals surface area contributed by atoms with E-state index in [1.165, 1.54) is 302 Å². The van der Waals surface area contributed by atoms with Crippen LogP contribution in [0.3, 0.4) is 0 Å². The molecule has 1 saturated heterocycles. The number of amides is 1. The number of nitrogens with one attached hydrogen (secondary N) is 1. The highest BCUT2D eigenvalue weighted by Crippen LogP contribution is 2.24. The van der Waals surface area contributed by atoms with Crippen molar-refractivity contribution >= 4 is 5.91 Å². The summed E-state index contributed by atoms with van der Waals surface area (Å²) in [5, 5.41) is 76.6. The van der Waals surface area contributed by atoms with Crippen molar-refractivity contribution in [3.05, 3.63) is 12.2 Å². The number of aliphatic hydroxyl groups excluding tert-OH is 7. The van der Waals surface area contributed by atoms with Gasteiger partial charge in [0.05, 0.1) is 25.4 Å². The summed E-state index contributed by atoms with van der Waals surface area (Å²) in [6.07, 6.45) is 65.9. The fraction of sp³-hybridized carbons (Fsp3) is 0.959. The van der Waals surface area contributed by atoms with Crippen molar-refractivity contribution in [2.75, 3.05) is 13.2 Å². The molecule has 1 rings (SSSR count). The highest BCUT2D eigenvalue weighted by Gasteiger charge is 2.44. The predicted octanol–water partition coefficient (Wildman–Crippen LogP) is 18.2. The van der Waals surface area contributed by atoms with Gasteiger partial charge in [0, 0.05) is 0 Å². The molecule has 1 amide bonds. The maximum Gasteiger partial charge on any atom is 0.249 e. The third kappa shape index (κ3) is 48.7. The van der Waals surface area contributed by atoms with E-state index in [1.807, 2.05) is 0 Å². The Morgan fingerprint density at radius 2 is 0.690 bits per heavy atom. The minimum atomic E-state index is -1.66. The maximum absolute atomic E-state index is 13.3. The second-order valence-corrected chi connectivity index (χ2v) is 26.4. The van der Waals surface area contributed by atoms with E-state index in [0.29, 0.717) is 19.3 Å². The summed E-state index contributed by atoms with van der Waals surface area (Å²) in [4.78, 5) is 13.3. The number of hydrogen-bond acceptors (Lipinski definition) is 10. The largest absolute Gasteiger partial charge is 0.394 e. The molecule has 9 atom stereocenters. The molecule has 0 bridgehead atoms. The standard InChI is InChI=1S/C73H143NO10/c1-3-5-7-9-11-13-15-17-19-21-23-25-27-29-31-32-33-35-36-38-40-42-44-46-48-50-52-54-56-58-60-65(76)68(78)64(63-83-73-71(81)70(80)69(79)67(62-75)84-73)74-72(82)66(77)61-59-57-55-53-51-49-47-45-43-41-39-37-34-30-28-26-24-22-20-18-16-14-12-10-8-6-4-2/h30,34,64-71,73,75-81H,3-29,31-33,35-63H2,1-2H3,(H,74,82)/b34-30-. The molecule has 84 heavy (non-hydrogen) atoms. The molecule has 1 aliphatic heterocycles. The van der Waals surface area contributed by atoms with Crippen LogP contribution in [0, 0.1) is 0 Å². The van der Waals surface area contributed by atoms with Crippen molar-refractivity contribution in [2.45, 2.75) is 435 Å². The molecule has 0 spiro atoms. The van der Waals surface area contributed by atoms with Crippen LogP contribution >= 0.6 is 0 Å². The van der Waals surface area contributed by atoms with Gasteiger partial charge in [-0.2, -0.15) is 0 Å². The van der Waals surface area contributed by atoms with Gasteiger partial charge in [-0.25, -0.2) is 0 Å². The molecule has 1 heterocycles. The van der Waals surface area contributed by atoms with Gasteiger partial charge in [-0.1, -0.05) is 353 Å². The molecule has 1 aliphatic rings. The lowest BCUT2D eigenvalue weighted by Crippen LogP contribution is -2.60. The molecule has 500 valence electrons. The third-order valence-electron chi connectivity index (χ3n) is 18.3. The van der Waals surface area contributed by atoms with Gasteiger partial charge in [0.15, 0.2) is 6.29 Å². The number of unbranched alkanes of at least 4 members (excludes halogenated alkanes) is 52. The van der Waals surface area contributed by atoms with E-state index in [2.05, 4.69) is 31.3 Å². The van der Waals surface area contributed by atoms with Crippen LogP contribution in [-0.2, 0) is 14.3 Å². The molecular weight excluding hydrogens is 1050 g/mol. The second-order valence-electron chi connectivity index (χ2n) is 26.4. The van der Waals surface area contributed by atoms with E-state index in [1.54, 1.807) is 0 Å². The van der Waals surface area contributed by atoms with E-state index < -0.39 is 74.2 Å². The SMILES string of the molecule is CCCCCCCCCCCCCC/C=C\CCCCCCCCCCCCCC(O)C(=O)NC(COC1OC(CO)C(O)C(O)C1O)C(O)C(O)CCCCCCCCCCCCCCCCCCCCCCCCCCCCCCCC. The first-order chi connectivity index (χ1) is 41.2. The molecule has 11 nitrogen and oxygen atoms in total. The Morgan fingerprint density at radius 3 is 1.00 bits per heavy atom. The Kier molecular flexibility index (Phi) is 59.7. The van der Waals surface area contributed by atoms with Crippen LogP contribution in [0.1, 0.15) is 380 Å². The molecule has 1 fully saturated rings. The first-order valence-electron chi connectivity index (χ1n) is 37.1. The van der Waals surface area contributed by atoms with Crippen LogP contribution < -0.4 is 5.32 Å². The molecule has 8 N–H and O–H groups in total.